The zero-order valence-corrected chi connectivity index (χ0v) is 11.5. The molecule has 6 heteroatoms. The van der Waals surface area contributed by atoms with Crippen LogP contribution >= 0.6 is 27.5 Å². The third-order valence-electron chi connectivity index (χ3n) is 2.56. The molecule has 0 saturated heterocycles. The molecule has 2 rings (SSSR count). The molecule has 0 aliphatic heterocycles. The highest BCUT2D eigenvalue weighted by atomic mass is 79.9. The Morgan fingerprint density at radius 3 is 2.83 bits per heavy atom. The third-order valence-corrected chi connectivity index (χ3v) is 3.61. The Balaban J connectivity index is 2.42. The highest BCUT2D eigenvalue weighted by molar-refractivity contribution is 9.10. The SMILES string of the molecule is O=C(O)CC(Br)C(=O)c1c[nH]c2cccc(Cl)c12. The molecule has 0 spiro atoms. The van der Waals surface area contributed by atoms with Crippen molar-refractivity contribution in [3.8, 4) is 0 Å². The fourth-order valence-electron chi connectivity index (χ4n) is 1.75. The lowest BCUT2D eigenvalue weighted by Crippen LogP contribution is -2.17. The number of nitrogens with one attached hydrogen (secondary N) is 1. The molecule has 2 N–H and O–H groups in total. The minimum absolute atomic E-state index is 0.268. The van der Waals surface area contributed by atoms with Gasteiger partial charge in [0.15, 0.2) is 5.78 Å². The van der Waals surface area contributed by atoms with Gasteiger partial charge in [0.1, 0.15) is 0 Å². The number of carboxylic acids is 1. The number of carboxylic acid groups (broad SMARTS) is 1. The molecule has 1 atom stereocenters. The summed E-state index contributed by atoms with van der Waals surface area (Å²) in [5.41, 5.74) is 1.15. The van der Waals surface area contributed by atoms with Gasteiger partial charge in [-0.1, -0.05) is 33.6 Å². The minimum atomic E-state index is -1.03. The fourth-order valence-corrected chi connectivity index (χ4v) is 2.55. The van der Waals surface area contributed by atoms with Crippen LogP contribution in [0.1, 0.15) is 16.8 Å². The number of benzene rings is 1. The summed E-state index contributed by atoms with van der Waals surface area (Å²) in [5, 5.41) is 9.77. The van der Waals surface area contributed by atoms with Crippen LogP contribution < -0.4 is 0 Å². The van der Waals surface area contributed by atoms with Gasteiger partial charge in [-0.25, -0.2) is 0 Å². The van der Waals surface area contributed by atoms with E-state index in [1.165, 1.54) is 0 Å². The van der Waals surface area contributed by atoms with Crippen molar-refractivity contribution in [2.75, 3.05) is 0 Å². The Kier molecular flexibility index (Phi) is 3.73. The first-order valence-electron chi connectivity index (χ1n) is 5.16. The predicted molar refractivity (Wildman–Crippen MR) is 72.6 cm³/mol. The number of H-pyrrole nitrogens is 1. The van der Waals surface area contributed by atoms with Crippen LogP contribution in [-0.2, 0) is 4.79 Å². The lowest BCUT2D eigenvalue weighted by molar-refractivity contribution is -0.136. The summed E-state index contributed by atoms with van der Waals surface area (Å²) >= 11 is 9.14. The quantitative estimate of drug-likeness (QED) is 0.668. The Morgan fingerprint density at radius 1 is 1.44 bits per heavy atom. The molecule has 18 heavy (non-hydrogen) atoms. The Bertz CT molecular complexity index is 623. The van der Waals surface area contributed by atoms with Gasteiger partial charge in [0.2, 0.25) is 0 Å². The van der Waals surface area contributed by atoms with E-state index in [0.717, 1.165) is 5.52 Å². The first-order chi connectivity index (χ1) is 8.50. The maximum absolute atomic E-state index is 12.1. The van der Waals surface area contributed by atoms with Gasteiger partial charge >= 0.3 is 5.97 Å². The number of Topliss-reactive ketones (excluding diaryl/α,β-unsaturated/α-hetero) is 1. The number of fused-ring (bicyclic) bond motifs is 1. The topological polar surface area (TPSA) is 70.2 Å². The van der Waals surface area contributed by atoms with Crippen molar-refractivity contribution in [1.82, 2.24) is 4.98 Å². The summed E-state index contributed by atoms with van der Waals surface area (Å²) in [4.78, 5) is 24.9. The van der Waals surface area contributed by atoms with E-state index in [-0.39, 0.29) is 12.2 Å². The van der Waals surface area contributed by atoms with Gasteiger partial charge in [-0.2, -0.15) is 0 Å². The van der Waals surface area contributed by atoms with Crippen molar-refractivity contribution in [3.05, 3.63) is 35.0 Å². The molecule has 1 unspecified atom stereocenters. The Hall–Kier alpha value is -1.33. The summed E-state index contributed by atoms with van der Waals surface area (Å²) in [5.74, 6) is -1.33. The third kappa shape index (κ3) is 2.42. The van der Waals surface area contributed by atoms with Crippen LogP contribution in [0.2, 0.25) is 5.02 Å². The molecule has 4 nitrogen and oxygen atoms in total. The van der Waals surface area contributed by atoms with Gasteiger partial charge in [0.05, 0.1) is 16.3 Å². The minimum Gasteiger partial charge on any atom is -0.481 e. The van der Waals surface area contributed by atoms with Gasteiger partial charge in [0.25, 0.3) is 0 Å². The van der Waals surface area contributed by atoms with Gasteiger partial charge in [-0.3, -0.25) is 9.59 Å². The van der Waals surface area contributed by atoms with E-state index in [4.69, 9.17) is 16.7 Å². The molecule has 0 amide bonds. The lowest BCUT2D eigenvalue weighted by Gasteiger charge is -2.05. The molecule has 0 aliphatic rings. The highest BCUT2D eigenvalue weighted by Gasteiger charge is 2.23. The number of halogens is 2. The maximum Gasteiger partial charge on any atom is 0.304 e. The molecule has 2 aromatic rings. The van der Waals surface area contributed by atoms with Crippen LogP contribution in [0, 0.1) is 0 Å². The van der Waals surface area contributed by atoms with Gasteiger partial charge in [-0.05, 0) is 12.1 Å². The number of ketones is 1. The molecule has 1 aromatic carbocycles. The first kappa shape index (κ1) is 13.1. The Labute approximate surface area is 116 Å². The predicted octanol–water partition coefficient (Wildman–Crippen LogP) is 3.24. The Morgan fingerprint density at radius 2 is 2.17 bits per heavy atom. The molecule has 94 valence electrons. The maximum atomic E-state index is 12.1. The van der Waals surface area contributed by atoms with Crippen molar-refractivity contribution in [1.29, 1.82) is 0 Å². The van der Waals surface area contributed by atoms with Gasteiger partial charge < -0.3 is 10.1 Å². The monoisotopic (exact) mass is 329 g/mol. The first-order valence-corrected chi connectivity index (χ1v) is 6.45. The summed E-state index contributed by atoms with van der Waals surface area (Å²) in [6.07, 6.45) is 1.28. The number of alkyl halides is 1. The smallest absolute Gasteiger partial charge is 0.304 e. The second-order valence-corrected chi connectivity index (χ2v) is 5.31. The fraction of sp³-hybridized carbons (Fsp3) is 0.167. The summed E-state index contributed by atoms with van der Waals surface area (Å²) in [6, 6.07) is 5.27. The molecule has 1 aromatic heterocycles. The number of aromatic nitrogens is 1. The van der Waals surface area contributed by atoms with Crippen molar-refractivity contribution in [3.63, 3.8) is 0 Å². The van der Waals surface area contributed by atoms with E-state index in [2.05, 4.69) is 20.9 Å². The number of carbonyl (C=O) groups excluding carboxylic acids is 1. The molecule has 0 aliphatic carbocycles. The normalized spacial score (nSPS) is 12.6. The van der Waals surface area contributed by atoms with Crippen molar-refractivity contribution < 1.29 is 14.7 Å². The van der Waals surface area contributed by atoms with E-state index in [1.807, 2.05) is 0 Å². The zero-order valence-electron chi connectivity index (χ0n) is 9.11. The van der Waals surface area contributed by atoms with Crippen molar-refractivity contribution in [2.24, 2.45) is 0 Å². The zero-order chi connectivity index (χ0) is 13.3. The van der Waals surface area contributed by atoms with Crippen LogP contribution in [0.3, 0.4) is 0 Å². The number of rotatable bonds is 4. The van der Waals surface area contributed by atoms with Gasteiger partial charge in [-0.15, -0.1) is 0 Å². The van der Waals surface area contributed by atoms with Crippen molar-refractivity contribution >= 4 is 50.2 Å². The standard InChI is InChI=1S/C12H9BrClNO3/c13-7(4-10(16)17)12(18)6-5-15-9-3-1-2-8(14)11(6)9/h1-3,5,7,15H,4H2,(H,16,17). The van der Waals surface area contributed by atoms with E-state index in [1.54, 1.807) is 24.4 Å². The van der Waals surface area contributed by atoms with E-state index >= 15 is 0 Å². The molecule has 0 fully saturated rings. The molecule has 0 radical (unpaired) electrons. The number of hydrogen-bond donors (Lipinski definition) is 2. The summed E-state index contributed by atoms with van der Waals surface area (Å²) < 4.78 is 0. The van der Waals surface area contributed by atoms with Crippen LogP contribution in [0.15, 0.2) is 24.4 Å². The van der Waals surface area contributed by atoms with Crippen LogP contribution in [0.4, 0.5) is 0 Å². The molecule has 0 saturated carbocycles. The van der Waals surface area contributed by atoms with Crippen molar-refractivity contribution in [2.45, 2.75) is 11.2 Å². The summed E-state index contributed by atoms with van der Waals surface area (Å²) in [7, 11) is 0. The second kappa shape index (κ2) is 5.12. The average Bonchev–Trinajstić information content (AvgIpc) is 2.72. The lowest BCUT2D eigenvalue weighted by atomic mass is 10.1. The highest BCUT2D eigenvalue weighted by Crippen LogP contribution is 2.28. The number of carbonyl (C=O) groups is 2. The van der Waals surface area contributed by atoms with Crippen LogP contribution in [-0.4, -0.2) is 26.7 Å². The van der Waals surface area contributed by atoms with E-state index in [0.29, 0.717) is 16.0 Å². The van der Waals surface area contributed by atoms with Crippen LogP contribution in [0.5, 0.6) is 0 Å². The van der Waals surface area contributed by atoms with Gasteiger partial charge in [0, 0.05) is 22.7 Å². The van der Waals surface area contributed by atoms with E-state index in [9.17, 15) is 9.59 Å². The number of aliphatic carboxylic acids is 1. The molecular formula is C12H9BrClNO3. The summed E-state index contributed by atoms with van der Waals surface area (Å²) in [6.45, 7) is 0. The molecule has 0 bridgehead atoms. The molecule has 1 heterocycles. The number of hydrogen-bond acceptors (Lipinski definition) is 2. The largest absolute Gasteiger partial charge is 0.481 e. The van der Waals surface area contributed by atoms with E-state index < -0.39 is 10.8 Å². The average molecular weight is 331 g/mol. The van der Waals surface area contributed by atoms with Crippen LogP contribution in [0.25, 0.3) is 10.9 Å². The second-order valence-electron chi connectivity index (χ2n) is 3.79. The number of aromatic amines is 1. The molecular weight excluding hydrogens is 321 g/mol.